The van der Waals surface area contributed by atoms with Crippen molar-refractivity contribution in [3.8, 4) is 0 Å². The minimum Gasteiger partial charge on any atom is -0.301 e. The lowest BCUT2D eigenvalue weighted by molar-refractivity contribution is 0.337. The van der Waals surface area contributed by atoms with Crippen molar-refractivity contribution in [1.29, 1.82) is 0 Å². The third-order valence-electron chi connectivity index (χ3n) is 1.45. The van der Waals surface area contributed by atoms with Gasteiger partial charge in [0.2, 0.25) is 0 Å². The predicted octanol–water partition coefficient (Wildman–Crippen LogP) is 2.38. The lowest BCUT2D eigenvalue weighted by Crippen LogP contribution is -2.17. The zero-order valence-electron chi connectivity index (χ0n) is 6.64. The SMILES string of the molecule is I.NC(F)Cc1cccc(F)c1F. The maximum absolute atomic E-state index is 12.8. The number of halogens is 4. The number of hydrogen-bond donors (Lipinski definition) is 1. The Bertz CT molecular complexity index is 278. The fourth-order valence-electron chi connectivity index (χ4n) is 0.916. The van der Waals surface area contributed by atoms with E-state index >= 15 is 0 Å². The van der Waals surface area contributed by atoms with Gasteiger partial charge in [0.1, 0.15) is 0 Å². The molecule has 0 aromatic heterocycles. The summed E-state index contributed by atoms with van der Waals surface area (Å²) in [4.78, 5) is 0. The molecule has 13 heavy (non-hydrogen) atoms. The monoisotopic (exact) mass is 303 g/mol. The molecule has 1 aromatic rings. The normalized spacial score (nSPS) is 12.0. The van der Waals surface area contributed by atoms with Gasteiger partial charge in [-0.2, -0.15) is 0 Å². The molecule has 74 valence electrons. The molecule has 0 radical (unpaired) electrons. The first-order chi connectivity index (χ1) is 5.61. The van der Waals surface area contributed by atoms with Gasteiger partial charge in [-0.05, 0) is 11.6 Å². The Morgan fingerprint density at radius 1 is 1.31 bits per heavy atom. The van der Waals surface area contributed by atoms with Gasteiger partial charge in [-0.15, -0.1) is 24.0 Å². The van der Waals surface area contributed by atoms with Crippen LogP contribution in [0.15, 0.2) is 18.2 Å². The van der Waals surface area contributed by atoms with Crippen LogP contribution in [0.2, 0.25) is 0 Å². The zero-order chi connectivity index (χ0) is 9.14. The van der Waals surface area contributed by atoms with Gasteiger partial charge in [0.05, 0.1) is 0 Å². The topological polar surface area (TPSA) is 26.0 Å². The summed E-state index contributed by atoms with van der Waals surface area (Å²) in [5.74, 6) is -2.00. The summed E-state index contributed by atoms with van der Waals surface area (Å²) in [6, 6.07) is 3.59. The molecular weight excluding hydrogens is 294 g/mol. The first kappa shape index (κ1) is 12.7. The first-order valence-electron chi connectivity index (χ1n) is 3.44. The van der Waals surface area contributed by atoms with Crippen LogP contribution in [-0.2, 0) is 6.42 Å². The van der Waals surface area contributed by atoms with Gasteiger partial charge in [-0.3, -0.25) is 0 Å². The Kier molecular flexibility index (Phi) is 5.31. The van der Waals surface area contributed by atoms with E-state index in [-0.39, 0.29) is 36.0 Å². The van der Waals surface area contributed by atoms with E-state index in [0.29, 0.717) is 0 Å². The molecule has 0 amide bonds. The summed E-state index contributed by atoms with van der Waals surface area (Å²) < 4.78 is 37.4. The summed E-state index contributed by atoms with van der Waals surface area (Å²) >= 11 is 0. The van der Waals surface area contributed by atoms with Crippen LogP contribution >= 0.6 is 24.0 Å². The maximum Gasteiger partial charge on any atom is 0.162 e. The highest BCUT2D eigenvalue weighted by Gasteiger charge is 2.09. The van der Waals surface area contributed by atoms with E-state index in [4.69, 9.17) is 5.73 Å². The second-order valence-electron chi connectivity index (χ2n) is 2.43. The van der Waals surface area contributed by atoms with Gasteiger partial charge in [0, 0.05) is 6.42 Å². The standard InChI is InChI=1S/C8H8F3N.HI/c9-6-3-1-2-5(8(6)11)4-7(10)12;/h1-3,7H,4,12H2;1H. The van der Waals surface area contributed by atoms with Gasteiger partial charge >= 0.3 is 0 Å². The van der Waals surface area contributed by atoms with Gasteiger partial charge in [0.15, 0.2) is 17.9 Å². The highest BCUT2D eigenvalue weighted by Crippen LogP contribution is 2.12. The van der Waals surface area contributed by atoms with Crippen molar-refractivity contribution in [2.24, 2.45) is 5.73 Å². The number of hydrogen-bond acceptors (Lipinski definition) is 1. The molecule has 1 atom stereocenters. The predicted molar refractivity (Wildman–Crippen MR) is 54.6 cm³/mol. The molecule has 0 saturated heterocycles. The van der Waals surface area contributed by atoms with Crippen molar-refractivity contribution in [2.75, 3.05) is 0 Å². The Hall–Kier alpha value is -0.300. The molecule has 0 heterocycles. The summed E-state index contributed by atoms with van der Waals surface area (Å²) in [6.07, 6.45) is -1.95. The lowest BCUT2D eigenvalue weighted by Gasteiger charge is -2.03. The Labute approximate surface area is 91.1 Å². The second-order valence-corrected chi connectivity index (χ2v) is 2.43. The molecule has 1 aromatic carbocycles. The molecule has 1 unspecified atom stereocenters. The molecule has 0 saturated carbocycles. The number of nitrogens with two attached hydrogens (primary N) is 1. The lowest BCUT2D eigenvalue weighted by atomic mass is 10.1. The number of rotatable bonds is 2. The molecule has 1 rings (SSSR count). The quantitative estimate of drug-likeness (QED) is 0.659. The van der Waals surface area contributed by atoms with Crippen LogP contribution in [0.3, 0.4) is 0 Å². The van der Waals surface area contributed by atoms with Gasteiger partial charge in [-0.25, -0.2) is 13.2 Å². The number of alkyl halides is 1. The average molecular weight is 303 g/mol. The molecule has 0 aliphatic heterocycles. The fraction of sp³-hybridized carbons (Fsp3) is 0.250. The van der Waals surface area contributed by atoms with Gasteiger partial charge in [-0.1, -0.05) is 12.1 Å². The Balaban J connectivity index is 0.00000144. The highest BCUT2D eigenvalue weighted by atomic mass is 127. The molecule has 0 aliphatic carbocycles. The summed E-state index contributed by atoms with van der Waals surface area (Å²) in [7, 11) is 0. The van der Waals surface area contributed by atoms with Crippen LogP contribution in [0, 0.1) is 11.6 Å². The van der Waals surface area contributed by atoms with Crippen LogP contribution < -0.4 is 5.73 Å². The van der Waals surface area contributed by atoms with Gasteiger partial charge in [0.25, 0.3) is 0 Å². The summed E-state index contributed by atoms with van der Waals surface area (Å²) in [5.41, 5.74) is 4.75. The molecule has 5 heteroatoms. The second kappa shape index (κ2) is 5.43. The van der Waals surface area contributed by atoms with E-state index in [2.05, 4.69) is 0 Å². The smallest absolute Gasteiger partial charge is 0.162 e. The van der Waals surface area contributed by atoms with Crippen LogP contribution in [0.4, 0.5) is 13.2 Å². The number of benzene rings is 1. The van der Waals surface area contributed by atoms with E-state index in [9.17, 15) is 13.2 Å². The average Bonchev–Trinajstić information content (AvgIpc) is 1.98. The van der Waals surface area contributed by atoms with E-state index in [0.717, 1.165) is 6.07 Å². The zero-order valence-corrected chi connectivity index (χ0v) is 8.97. The minimum atomic E-state index is -1.65. The molecule has 0 aliphatic rings. The van der Waals surface area contributed by atoms with Crippen LogP contribution in [-0.4, -0.2) is 6.30 Å². The van der Waals surface area contributed by atoms with E-state index in [1.165, 1.54) is 12.1 Å². The first-order valence-corrected chi connectivity index (χ1v) is 3.44. The van der Waals surface area contributed by atoms with Crippen molar-refractivity contribution < 1.29 is 13.2 Å². The third kappa shape index (κ3) is 3.51. The third-order valence-corrected chi connectivity index (χ3v) is 1.45. The molecular formula is C8H9F3IN. The van der Waals surface area contributed by atoms with Crippen molar-refractivity contribution >= 4 is 24.0 Å². The van der Waals surface area contributed by atoms with Crippen molar-refractivity contribution in [3.05, 3.63) is 35.4 Å². The van der Waals surface area contributed by atoms with Crippen LogP contribution in [0.1, 0.15) is 5.56 Å². The molecule has 1 nitrogen and oxygen atoms in total. The largest absolute Gasteiger partial charge is 0.301 e. The molecule has 0 spiro atoms. The molecule has 2 N–H and O–H groups in total. The van der Waals surface area contributed by atoms with Gasteiger partial charge < -0.3 is 5.73 Å². The molecule has 0 fully saturated rings. The Morgan fingerprint density at radius 3 is 2.46 bits per heavy atom. The van der Waals surface area contributed by atoms with E-state index in [1.54, 1.807) is 0 Å². The van der Waals surface area contributed by atoms with Crippen molar-refractivity contribution in [1.82, 2.24) is 0 Å². The molecule has 0 bridgehead atoms. The maximum atomic E-state index is 12.8. The summed E-state index contributed by atoms with van der Waals surface area (Å²) in [5, 5.41) is 0. The highest BCUT2D eigenvalue weighted by molar-refractivity contribution is 14.0. The van der Waals surface area contributed by atoms with E-state index in [1.807, 2.05) is 0 Å². The van der Waals surface area contributed by atoms with E-state index < -0.39 is 17.9 Å². The minimum absolute atomic E-state index is 0. The summed E-state index contributed by atoms with van der Waals surface area (Å²) in [6.45, 7) is 0. The Morgan fingerprint density at radius 2 is 1.92 bits per heavy atom. The van der Waals surface area contributed by atoms with Crippen LogP contribution in [0.5, 0.6) is 0 Å². The van der Waals surface area contributed by atoms with Crippen LogP contribution in [0.25, 0.3) is 0 Å². The van der Waals surface area contributed by atoms with Crippen molar-refractivity contribution in [2.45, 2.75) is 12.7 Å². The fourth-order valence-corrected chi connectivity index (χ4v) is 0.916. The van der Waals surface area contributed by atoms with Crippen molar-refractivity contribution in [3.63, 3.8) is 0 Å².